The van der Waals surface area contributed by atoms with Crippen molar-refractivity contribution < 1.29 is 4.79 Å². The molecule has 0 spiro atoms. The summed E-state index contributed by atoms with van der Waals surface area (Å²) in [5, 5.41) is 8.11. The van der Waals surface area contributed by atoms with Gasteiger partial charge >= 0.3 is 0 Å². The molecular weight excluding hydrogens is 384 g/mol. The molecule has 0 aliphatic carbocycles. The van der Waals surface area contributed by atoms with Gasteiger partial charge < -0.3 is 10.2 Å². The van der Waals surface area contributed by atoms with Crippen LogP contribution in [0.2, 0.25) is 0 Å². The predicted molar refractivity (Wildman–Crippen MR) is 129 cm³/mol. The Labute approximate surface area is 186 Å². The van der Waals surface area contributed by atoms with Gasteiger partial charge in [0, 0.05) is 41.8 Å². The van der Waals surface area contributed by atoms with Gasteiger partial charge in [-0.2, -0.15) is 5.10 Å². The van der Waals surface area contributed by atoms with Gasteiger partial charge in [0.25, 0.3) is 5.91 Å². The first-order valence-electron chi connectivity index (χ1n) is 11.1. The van der Waals surface area contributed by atoms with Crippen LogP contribution in [0.15, 0.2) is 42.0 Å². The van der Waals surface area contributed by atoms with Crippen LogP contribution in [0.5, 0.6) is 0 Å². The lowest BCUT2D eigenvalue weighted by atomic mass is 9.87. The van der Waals surface area contributed by atoms with Crippen molar-refractivity contribution in [2.45, 2.75) is 60.4 Å². The Bertz CT molecular complexity index is 1030. The highest BCUT2D eigenvalue weighted by Gasteiger charge is 2.34. The normalized spacial score (nSPS) is 18.6. The maximum absolute atomic E-state index is 12.9. The number of carbonyl (C=O) groups excluding carboxylic acids is 1. The number of anilines is 1. The number of allylic oxidation sites excluding steroid dienone is 2. The molecule has 1 aromatic carbocycles. The largest absolute Gasteiger partial charge is 0.388 e. The van der Waals surface area contributed by atoms with Crippen LogP contribution in [0.3, 0.4) is 0 Å². The first-order valence-corrected chi connectivity index (χ1v) is 11.1. The van der Waals surface area contributed by atoms with Gasteiger partial charge in [0.2, 0.25) is 0 Å². The summed E-state index contributed by atoms with van der Waals surface area (Å²) in [6, 6.07) is 8.57. The number of likely N-dealkylation sites (tertiary alicyclic amines) is 1. The zero-order valence-electron chi connectivity index (χ0n) is 20.0. The van der Waals surface area contributed by atoms with Gasteiger partial charge in [0.15, 0.2) is 0 Å². The number of carbonyl (C=O) groups is 1. The molecule has 2 atom stereocenters. The number of benzene rings is 1. The van der Waals surface area contributed by atoms with Crippen LogP contribution in [-0.4, -0.2) is 34.2 Å². The maximum Gasteiger partial charge on any atom is 0.273 e. The molecule has 0 bridgehead atoms. The lowest BCUT2D eigenvalue weighted by Crippen LogP contribution is -2.37. The molecule has 31 heavy (non-hydrogen) atoms. The van der Waals surface area contributed by atoms with E-state index >= 15 is 0 Å². The number of aryl methyl sites for hydroxylation is 2. The summed E-state index contributed by atoms with van der Waals surface area (Å²) in [5.74, 6) is 0.365. The lowest BCUT2D eigenvalue weighted by molar-refractivity contribution is 0.0933. The fourth-order valence-electron chi connectivity index (χ4n) is 4.43. The number of nitrogens with one attached hydrogen (secondary N) is 1. The van der Waals surface area contributed by atoms with Crippen molar-refractivity contribution in [2.75, 3.05) is 18.9 Å². The van der Waals surface area contributed by atoms with Crippen molar-refractivity contribution in [1.29, 1.82) is 0 Å². The minimum absolute atomic E-state index is 0.0475. The van der Waals surface area contributed by atoms with Gasteiger partial charge in [-0.3, -0.25) is 4.79 Å². The molecule has 2 heterocycles. The van der Waals surface area contributed by atoms with Gasteiger partial charge in [0.05, 0.1) is 11.7 Å². The summed E-state index contributed by atoms with van der Waals surface area (Å²) < 4.78 is 1.56. The number of hydrogen-bond acceptors (Lipinski definition) is 4. The smallest absolute Gasteiger partial charge is 0.273 e. The van der Waals surface area contributed by atoms with E-state index in [1.807, 2.05) is 34.7 Å². The quantitative estimate of drug-likeness (QED) is 0.604. The van der Waals surface area contributed by atoms with Crippen LogP contribution >= 0.6 is 0 Å². The van der Waals surface area contributed by atoms with Crippen LogP contribution in [0.1, 0.15) is 73.9 Å². The summed E-state index contributed by atoms with van der Waals surface area (Å²) in [6.45, 7) is 17.6. The third kappa shape index (κ3) is 4.46. The minimum atomic E-state index is -0.0475. The molecule has 1 unspecified atom stereocenters. The van der Waals surface area contributed by atoms with Crippen molar-refractivity contribution in [1.82, 2.24) is 14.7 Å². The Hall–Kier alpha value is -2.82. The number of aromatic nitrogens is 2. The molecule has 2 aromatic rings. The molecule has 1 N–H and O–H groups in total. The molecule has 1 aromatic heterocycles. The highest BCUT2D eigenvalue weighted by Crippen LogP contribution is 2.41. The SMILES string of the molecule is C=C(c1cc(C)ccc1NC)N1CCC[C@H](C)C1c1cc(C)n(C(=O)C(C)=C(C)C)n1. The summed E-state index contributed by atoms with van der Waals surface area (Å²) in [7, 11) is 1.94. The van der Waals surface area contributed by atoms with Gasteiger partial charge in [-0.1, -0.05) is 30.7 Å². The molecule has 5 heteroatoms. The Morgan fingerprint density at radius 3 is 2.55 bits per heavy atom. The average molecular weight is 421 g/mol. The van der Waals surface area contributed by atoms with Crippen LogP contribution in [-0.2, 0) is 0 Å². The summed E-state index contributed by atoms with van der Waals surface area (Å²) in [5.41, 5.74) is 7.98. The minimum Gasteiger partial charge on any atom is -0.388 e. The molecule has 1 fully saturated rings. The van der Waals surface area contributed by atoms with E-state index in [1.165, 1.54) is 5.56 Å². The van der Waals surface area contributed by atoms with Crippen molar-refractivity contribution in [3.05, 3.63) is 64.5 Å². The van der Waals surface area contributed by atoms with E-state index in [9.17, 15) is 4.79 Å². The van der Waals surface area contributed by atoms with Crippen molar-refractivity contribution in [3.8, 4) is 0 Å². The predicted octanol–water partition coefficient (Wildman–Crippen LogP) is 5.98. The number of hydrogen-bond donors (Lipinski definition) is 1. The monoisotopic (exact) mass is 420 g/mol. The van der Waals surface area contributed by atoms with Gasteiger partial charge in [-0.25, -0.2) is 4.68 Å². The Kier molecular flexibility index (Phi) is 6.73. The molecule has 1 aliphatic heterocycles. The molecule has 166 valence electrons. The molecule has 3 rings (SSSR count). The second kappa shape index (κ2) is 9.13. The van der Waals surface area contributed by atoms with Gasteiger partial charge in [-0.15, -0.1) is 0 Å². The Balaban J connectivity index is 2.02. The van der Waals surface area contributed by atoms with E-state index in [1.54, 1.807) is 4.68 Å². The third-order valence-electron chi connectivity index (χ3n) is 6.51. The van der Waals surface area contributed by atoms with Crippen LogP contribution in [0.25, 0.3) is 5.70 Å². The molecule has 0 amide bonds. The molecule has 1 aliphatic rings. The zero-order chi connectivity index (χ0) is 22.9. The van der Waals surface area contributed by atoms with Crippen LogP contribution < -0.4 is 5.32 Å². The van der Waals surface area contributed by atoms with E-state index in [2.05, 4.69) is 54.9 Å². The second-order valence-electron chi connectivity index (χ2n) is 9.06. The zero-order valence-corrected chi connectivity index (χ0v) is 20.0. The molecule has 5 nitrogen and oxygen atoms in total. The summed E-state index contributed by atoms with van der Waals surface area (Å²) in [6.07, 6.45) is 2.25. The molecule has 1 saturated heterocycles. The van der Waals surface area contributed by atoms with E-state index in [4.69, 9.17) is 5.10 Å². The van der Waals surface area contributed by atoms with E-state index in [0.29, 0.717) is 5.92 Å². The fourth-order valence-corrected chi connectivity index (χ4v) is 4.43. The Morgan fingerprint density at radius 2 is 1.90 bits per heavy atom. The van der Waals surface area contributed by atoms with Crippen molar-refractivity contribution in [2.24, 2.45) is 5.92 Å². The number of piperidine rings is 1. The fraction of sp³-hybridized carbons (Fsp3) is 0.462. The van der Waals surface area contributed by atoms with Crippen molar-refractivity contribution >= 4 is 17.3 Å². The lowest BCUT2D eigenvalue weighted by Gasteiger charge is -2.42. The highest BCUT2D eigenvalue weighted by molar-refractivity contribution is 5.95. The van der Waals surface area contributed by atoms with Gasteiger partial charge in [0.1, 0.15) is 0 Å². The number of rotatable bonds is 5. The topological polar surface area (TPSA) is 50.2 Å². The van der Waals surface area contributed by atoms with Gasteiger partial charge in [-0.05, 0) is 71.6 Å². The molecule has 0 radical (unpaired) electrons. The number of nitrogens with zero attached hydrogens (tertiary/aromatic N) is 3. The molecule has 0 saturated carbocycles. The average Bonchev–Trinajstić information content (AvgIpc) is 3.12. The summed E-state index contributed by atoms with van der Waals surface area (Å²) in [4.78, 5) is 15.3. The van der Waals surface area contributed by atoms with Crippen LogP contribution in [0.4, 0.5) is 5.69 Å². The first kappa shape index (κ1) is 22.9. The first-order chi connectivity index (χ1) is 14.6. The van der Waals surface area contributed by atoms with E-state index in [-0.39, 0.29) is 11.9 Å². The van der Waals surface area contributed by atoms with E-state index in [0.717, 1.165) is 58.9 Å². The highest BCUT2D eigenvalue weighted by atomic mass is 16.2. The summed E-state index contributed by atoms with van der Waals surface area (Å²) >= 11 is 0. The van der Waals surface area contributed by atoms with Crippen LogP contribution in [0, 0.1) is 19.8 Å². The second-order valence-corrected chi connectivity index (χ2v) is 9.06. The maximum atomic E-state index is 12.9. The van der Waals surface area contributed by atoms with Crippen molar-refractivity contribution in [3.63, 3.8) is 0 Å². The third-order valence-corrected chi connectivity index (χ3v) is 6.51. The Morgan fingerprint density at radius 1 is 1.19 bits per heavy atom. The van der Waals surface area contributed by atoms with E-state index < -0.39 is 0 Å². The molecular formula is C26H36N4O. The standard InChI is InChI=1S/C26H36N4O/c1-16(2)20(6)26(31)30-19(5)15-24(28-30)25-18(4)10-9-13-29(25)21(7)22-14-17(3)11-12-23(22)27-8/h11-12,14-15,18,25,27H,7,9-10,13H2,1-6,8H3/t18-,25?/m0/s1.